The van der Waals surface area contributed by atoms with E-state index in [4.69, 9.17) is 0 Å². The largest absolute Gasteiger partial charge is 0.366 e. The molecule has 0 saturated carbocycles. The number of hydrogen-bond acceptors (Lipinski definition) is 4. The number of rotatable bonds is 6. The highest BCUT2D eigenvalue weighted by molar-refractivity contribution is 7.92. The number of nitrogens with zero attached hydrogens (tertiary/aromatic N) is 1. The molecule has 0 radical (unpaired) electrons. The molecule has 0 bridgehead atoms. The van der Waals surface area contributed by atoms with E-state index in [1.807, 2.05) is 31.2 Å². The first-order chi connectivity index (χ1) is 12.4. The second-order valence-electron chi connectivity index (χ2n) is 5.83. The summed E-state index contributed by atoms with van der Waals surface area (Å²) in [5, 5.41) is 3.18. The van der Waals surface area contributed by atoms with E-state index in [9.17, 15) is 12.8 Å². The monoisotopic (exact) mass is 371 g/mol. The van der Waals surface area contributed by atoms with Crippen LogP contribution in [0.1, 0.15) is 11.1 Å². The summed E-state index contributed by atoms with van der Waals surface area (Å²) in [7, 11) is -3.78. The average molecular weight is 371 g/mol. The summed E-state index contributed by atoms with van der Waals surface area (Å²) >= 11 is 0. The van der Waals surface area contributed by atoms with Crippen LogP contribution in [0, 0.1) is 12.7 Å². The summed E-state index contributed by atoms with van der Waals surface area (Å²) in [5.74, 6) is 0.143. The molecule has 0 saturated heterocycles. The summed E-state index contributed by atoms with van der Waals surface area (Å²) in [5.41, 5.74) is 2.65. The van der Waals surface area contributed by atoms with Gasteiger partial charge in [-0.15, -0.1) is 0 Å². The van der Waals surface area contributed by atoms with Crippen LogP contribution in [-0.4, -0.2) is 13.4 Å². The van der Waals surface area contributed by atoms with Crippen molar-refractivity contribution in [2.24, 2.45) is 0 Å². The Morgan fingerprint density at radius 1 is 0.962 bits per heavy atom. The molecule has 3 aromatic rings. The molecular formula is C19H18FN3O2S. The summed E-state index contributed by atoms with van der Waals surface area (Å²) in [4.78, 5) is 4.19. The Labute approximate surface area is 152 Å². The normalized spacial score (nSPS) is 11.2. The SMILES string of the molecule is Cc1ccc(CNc2ccc(NS(=O)(=O)c3ccc(F)cc3)cn2)cc1. The molecule has 0 spiro atoms. The number of pyridine rings is 1. The van der Waals surface area contributed by atoms with Crippen LogP contribution in [0.25, 0.3) is 0 Å². The lowest BCUT2D eigenvalue weighted by Crippen LogP contribution is -2.13. The van der Waals surface area contributed by atoms with Crippen molar-refractivity contribution in [2.75, 3.05) is 10.0 Å². The van der Waals surface area contributed by atoms with Crippen LogP contribution in [0.2, 0.25) is 0 Å². The molecule has 2 aromatic carbocycles. The highest BCUT2D eigenvalue weighted by atomic mass is 32.2. The van der Waals surface area contributed by atoms with Gasteiger partial charge in [0, 0.05) is 6.54 Å². The van der Waals surface area contributed by atoms with Crippen LogP contribution in [-0.2, 0) is 16.6 Å². The van der Waals surface area contributed by atoms with Gasteiger partial charge >= 0.3 is 0 Å². The lowest BCUT2D eigenvalue weighted by molar-refractivity contribution is 0.599. The summed E-state index contributed by atoms with van der Waals surface area (Å²) in [6.45, 7) is 2.65. The molecule has 0 aliphatic rings. The fourth-order valence-electron chi connectivity index (χ4n) is 2.29. The van der Waals surface area contributed by atoms with Crippen molar-refractivity contribution >= 4 is 21.5 Å². The minimum Gasteiger partial charge on any atom is -0.366 e. The van der Waals surface area contributed by atoms with Crippen molar-refractivity contribution < 1.29 is 12.8 Å². The lowest BCUT2D eigenvalue weighted by atomic mass is 10.1. The van der Waals surface area contributed by atoms with Crippen LogP contribution < -0.4 is 10.0 Å². The van der Waals surface area contributed by atoms with E-state index >= 15 is 0 Å². The average Bonchev–Trinajstić information content (AvgIpc) is 2.62. The van der Waals surface area contributed by atoms with Crippen LogP contribution >= 0.6 is 0 Å². The third kappa shape index (κ3) is 4.58. The zero-order valence-corrected chi connectivity index (χ0v) is 14.9. The molecule has 0 aliphatic carbocycles. The van der Waals surface area contributed by atoms with Gasteiger partial charge in [0.2, 0.25) is 0 Å². The number of benzene rings is 2. The van der Waals surface area contributed by atoms with Gasteiger partial charge in [-0.3, -0.25) is 4.72 Å². The molecule has 0 aliphatic heterocycles. The maximum absolute atomic E-state index is 12.9. The Morgan fingerprint density at radius 2 is 1.65 bits per heavy atom. The molecule has 26 heavy (non-hydrogen) atoms. The fraction of sp³-hybridized carbons (Fsp3) is 0.105. The quantitative estimate of drug-likeness (QED) is 0.688. The van der Waals surface area contributed by atoms with Crippen LogP contribution in [0.15, 0.2) is 71.8 Å². The number of aromatic nitrogens is 1. The van der Waals surface area contributed by atoms with E-state index in [0.717, 1.165) is 17.7 Å². The number of anilines is 2. The Hall–Kier alpha value is -2.93. The van der Waals surface area contributed by atoms with Gasteiger partial charge in [0.05, 0.1) is 16.8 Å². The first-order valence-electron chi connectivity index (χ1n) is 7.96. The number of halogens is 1. The van der Waals surface area contributed by atoms with E-state index < -0.39 is 15.8 Å². The summed E-state index contributed by atoms with van der Waals surface area (Å²) < 4.78 is 39.9. The van der Waals surface area contributed by atoms with Gasteiger partial charge < -0.3 is 5.32 Å². The molecule has 0 amide bonds. The topological polar surface area (TPSA) is 71.1 Å². The van der Waals surface area contributed by atoms with E-state index in [2.05, 4.69) is 15.0 Å². The van der Waals surface area contributed by atoms with Crippen molar-refractivity contribution in [2.45, 2.75) is 18.4 Å². The molecule has 3 rings (SSSR count). The maximum atomic E-state index is 12.9. The second kappa shape index (κ2) is 7.53. The molecule has 0 atom stereocenters. The summed E-state index contributed by atoms with van der Waals surface area (Å²) in [6.07, 6.45) is 1.43. The maximum Gasteiger partial charge on any atom is 0.261 e. The van der Waals surface area contributed by atoms with E-state index in [0.29, 0.717) is 18.1 Å². The van der Waals surface area contributed by atoms with E-state index in [-0.39, 0.29) is 4.90 Å². The number of sulfonamides is 1. The summed E-state index contributed by atoms with van der Waals surface area (Å²) in [6, 6.07) is 16.1. The van der Waals surface area contributed by atoms with Crippen molar-refractivity contribution in [1.29, 1.82) is 0 Å². The van der Waals surface area contributed by atoms with Crippen molar-refractivity contribution in [3.8, 4) is 0 Å². The third-order valence-corrected chi connectivity index (χ3v) is 5.13. The Bertz CT molecular complexity index is 971. The molecule has 0 unspecified atom stereocenters. The Kier molecular flexibility index (Phi) is 5.18. The van der Waals surface area contributed by atoms with E-state index in [1.165, 1.54) is 23.9 Å². The van der Waals surface area contributed by atoms with Gasteiger partial charge in [0.1, 0.15) is 11.6 Å². The lowest BCUT2D eigenvalue weighted by Gasteiger charge is -2.09. The first-order valence-corrected chi connectivity index (χ1v) is 9.44. The zero-order chi connectivity index (χ0) is 18.6. The predicted octanol–water partition coefficient (Wildman–Crippen LogP) is 3.94. The van der Waals surface area contributed by atoms with Gasteiger partial charge in [-0.2, -0.15) is 0 Å². The molecule has 0 fully saturated rings. The number of aryl methyl sites for hydroxylation is 1. The minimum absolute atomic E-state index is 0.0135. The molecule has 134 valence electrons. The molecule has 7 heteroatoms. The number of nitrogens with one attached hydrogen (secondary N) is 2. The first kappa shape index (κ1) is 17.9. The third-order valence-electron chi connectivity index (χ3n) is 3.73. The van der Waals surface area contributed by atoms with E-state index in [1.54, 1.807) is 12.1 Å². The number of hydrogen-bond donors (Lipinski definition) is 2. The Morgan fingerprint density at radius 3 is 2.27 bits per heavy atom. The van der Waals surface area contributed by atoms with Gasteiger partial charge in [0.25, 0.3) is 10.0 Å². The minimum atomic E-state index is -3.78. The van der Waals surface area contributed by atoms with Crippen LogP contribution in [0.3, 0.4) is 0 Å². The van der Waals surface area contributed by atoms with Crippen LogP contribution in [0.5, 0.6) is 0 Å². The van der Waals surface area contributed by atoms with Gasteiger partial charge in [-0.05, 0) is 48.9 Å². The smallest absolute Gasteiger partial charge is 0.261 e. The molecule has 1 heterocycles. The molecular weight excluding hydrogens is 353 g/mol. The van der Waals surface area contributed by atoms with Gasteiger partial charge in [-0.1, -0.05) is 29.8 Å². The zero-order valence-electron chi connectivity index (χ0n) is 14.1. The van der Waals surface area contributed by atoms with Crippen molar-refractivity contribution in [3.63, 3.8) is 0 Å². The molecule has 1 aromatic heterocycles. The predicted molar refractivity (Wildman–Crippen MR) is 100.0 cm³/mol. The van der Waals surface area contributed by atoms with Gasteiger partial charge in [-0.25, -0.2) is 17.8 Å². The van der Waals surface area contributed by atoms with Crippen molar-refractivity contribution in [1.82, 2.24) is 4.98 Å². The highest BCUT2D eigenvalue weighted by Crippen LogP contribution is 2.17. The van der Waals surface area contributed by atoms with Crippen molar-refractivity contribution in [3.05, 3.63) is 83.8 Å². The second-order valence-corrected chi connectivity index (χ2v) is 7.51. The molecule has 2 N–H and O–H groups in total. The van der Waals surface area contributed by atoms with Gasteiger partial charge in [0.15, 0.2) is 0 Å². The molecule has 5 nitrogen and oxygen atoms in total. The Balaban J connectivity index is 1.63. The highest BCUT2D eigenvalue weighted by Gasteiger charge is 2.14. The van der Waals surface area contributed by atoms with Crippen LogP contribution in [0.4, 0.5) is 15.9 Å². The fourth-order valence-corrected chi connectivity index (χ4v) is 3.33. The standard InChI is InChI=1S/C19H18FN3O2S/c1-14-2-4-15(5-3-14)12-21-19-11-8-17(13-22-19)23-26(24,25)18-9-6-16(20)7-10-18/h2-11,13,23H,12H2,1H3,(H,21,22).